The summed E-state index contributed by atoms with van der Waals surface area (Å²) in [6, 6.07) is 0.917. The lowest BCUT2D eigenvalue weighted by atomic mass is 10.6. The van der Waals surface area contributed by atoms with Crippen LogP contribution >= 0.6 is 7.02 Å². The highest BCUT2D eigenvalue weighted by Gasteiger charge is 2.43. The maximum absolute atomic E-state index is 6.28. The summed E-state index contributed by atoms with van der Waals surface area (Å²) < 4.78 is 17.6. The molecule has 0 atom stereocenters. The van der Waals surface area contributed by atoms with E-state index in [0.717, 1.165) is 18.8 Å². The lowest BCUT2D eigenvalue weighted by Crippen LogP contribution is -2.45. The van der Waals surface area contributed by atoms with Crippen LogP contribution in [0, 0.1) is 0 Å². The van der Waals surface area contributed by atoms with Crippen molar-refractivity contribution in [2.24, 2.45) is 0 Å². The molecule has 0 aromatic rings. The van der Waals surface area contributed by atoms with Crippen molar-refractivity contribution >= 4 is 31.3 Å². The van der Waals surface area contributed by atoms with Crippen molar-refractivity contribution < 1.29 is 13.3 Å². The molecular formula is C12H33O3PSi3. The molecule has 0 saturated heterocycles. The maximum Gasteiger partial charge on any atom is 0.500 e. The molecule has 0 heterocycles. The summed E-state index contributed by atoms with van der Waals surface area (Å²) in [4.78, 5) is 0. The fourth-order valence-electron chi connectivity index (χ4n) is 2.34. The van der Waals surface area contributed by atoms with Crippen LogP contribution in [0.25, 0.3) is 0 Å². The average Bonchev–Trinajstić information content (AvgIpc) is 2.24. The van der Waals surface area contributed by atoms with Gasteiger partial charge in [-0.05, 0) is 0 Å². The SMILES string of the molecule is CCC[Si](OC)(OC)OCP([Si](C)(C)C)[Si](C)(C)C. The van der Waals surface area contributed by atoms with Gasteiger partial charge in [-0.25, -0.2) is 0 Å². The number of hydrogen-bond acceptors (Lipinski definition) is 3. The molecule has 0 aliphatic carbocycles. The zero-order chi connectivity index (χ0) is 15.3. The molecule has 0 amide bonds. The van der Waals surface area contributed by atoms with Crippen molar-refractivity contribution in [3.8, 4) is 0 Å². The van der Waals surface area contributed by atoms with Crippen molar-refractivity contribution in [2.75, 3.05) is 20.6 Å². The zero-order valence-corrected chi connectivity index (χ0v) is 18.2. The van der Waals surface area contributed by atoms with E-state index in [4.69, 9.17) is 13.3 Å². The molecule has 0 N–H and O–H groups in total. The van der Waals surface area contributed by atoms with E-state index in [1.165, 1.54) is 0 Å². The lowest BCUT2D eigenvalue weighted by molar-refractivity contribution is 0.117. The number of hydrogen-bond donors (Lipinski definition) is 0. The van der Waals surface area contributed by atoms with Crippen LogP contribution in [0.1, 0.15) is 13.3 Å². The minimum atomic E-state index is -2.40. The predicted octanol–water partition coefficient (Wildman–Crippen LogP) is 4.75. The van der Waals surface area contributed by atoms with Crippen molar-refractivity contribution in [2.45, 2.75) is 58.7 Å². The van der Waals surface area contributed by atoms with E-state index >= 15 is 0 Å². The minimum Gasteiger partial charge on any atom is -0.377 e. The van der Waals surface area contributed by atoms with Crippen molar-refractivity contribution in [3.63, 3.8) is 0 Å². The Morgan fingerprint density at radius 1 is 0.842 bits per heavy atom. The van der Waals surface area contributed by atoms with Gasteiger partial charge in [0.05, 0.1) is 21.8 Å². The second-order valence-electron chi connectivity index (χ2n) is 6.88. The van der Waals surface area contributed by atoms with Gasteiger partial charge in [0.25, 0.3) is 0 Å². The fraction of sp³-hybridized carbons (Fsp3) is 1.00. The van der Waals surface area contributed by atoms with E-state index in [1.807, 2.05) is 0 Å². The summed E-state index contributed by atoms with van der Waals surface area (Å²) in [7, 11) is -1.25. The molecule has 0 rings (SSSR count). The van der Waals surface area contributed by atoms with Gasteiger partial charge in [-0.1, -0.05) is 52.6 Å². The van der Waals surface area contributed by atoms with E-state index in [0.29, 0.717) is 0 Å². The van der Waals surface area contributed by atoms with Gasteiger partial charge in [0.1, 0.15) is 0 Å². The average molecular weight is 341 g/mol. The topological polar surface area (TPSA) is 27.7 Å². The first-order valence-corrected chi connectivity index (χ1v) is 19.2. The van der Waals surface area contributed by atoms with Gasteiger partial charge in [-0.3, -0.25) is 0 Å². The van der Waals surface area contributed by atoms with E-state index < -0.39 is 24.3 Å². The Bertz CT molecular complexity index is 246. The van der Waals surface area contributed by atoms with Crippen LogP contribution in [0.15, 0.2) is 0 Å². The Morgan fingerprint density at radius 3 is 1.53 bits per heavy atom. The van der Waals surface area contributed by atoms with Crippen molar-refractivity contribution in [1.29, 1.82) is 0 Å². The van der Waals surface area contributed by atoms with E-state index in [2.05, 4.69) is 46.2 Å². The molecule has 0 saturated carbocycles. The first-order valence-electron chi connectivity index (χ1n) is 7.04. The van der Waals surface area contributed by atoms with Gasteiger partial charge in [0, 0.05) is 20.3 Å². The van der Waals surface area contributed by atoms with Crippen LogP contribution in [-0.2, 0) is 13.3 Å². The second-order valence-corrected chi connectivity index (χ2v) is 32.3. The third kappa shape index (κ3) is 6.50. The fourth-order valence-corrected chi connectivity index (χ4v) is 35.6. The summed E-state index contributed by atoms with van der Waals surface area (Å²) in [5.74, 6) is 0. The first kappa shape index (κ1) is 20.0. The zero-order valence-electron chi connectivity index (χ0n) is 14.3. The minimum absolute atomic E-state index is 0.00102. The second kappa shape index (κ2) is 7.82. The van der Waals surface area contributed by atoms with Crippen LogP contribution < -0.4 is 0 Å². The summed E-state index contributed by atoms with van der Waals surface area (Å²) in [6.45, 7) is 17.0. The Balaban J connectivity index is 4.88. The van der Waals surface area contributed by atoms with Gasteiger partial charge in [0.15, 0.2) is 0 Å². The largest absolute Gasteiger partial charge is 0.500 e. The van der Waals surface area contributed by atoms with Crippen LogP contribution in [0.3, 0.4) is 0 Å². The molecule has 0 bridgehead atoms. The molecule has 0 aromatic carbocycles. The Labute approximate surface area is 124 Å². The van der Waals surface area contributed by atoms with Gasteiger partial charge in [0.2, 0.25) is 0 Å². The van der Waals surface area contributed by atoms with E-state index in [-0.39, 0.29) is 7.02 Å². The van der Waals surface area contributed by atoms with Crippen LogP contribution in [-0.4, -0.2) is 44.9 Å². The Kier molecular flexibility index (Phi) is 8.22. The summed E-state index contributed by atoms with van der Waals surface area (Å²) in [6.07, 6.45) is 1.93. The Morgan fingerprint density at radius 2 is 1.26 bits per heavy atom. The molecular weight excluding hydrogens is 307 g/mol. The molecule has 0 radical (unpaired) electrons. The molecule has 0 spiro atoms. The highest BCUT2D eigenvalue weighted by Crippen LogP contribution is 2.55. The Hall–Kier alpha value is 0.961. The molecule has 0 aliphatic heterocycles. The standard InChI is InChI=1S/C12H33O3PSi3/c1-10-11-19(13-2,14-3)15-12-16(17(4,5)6)18(7,8)9/h10-12H2,1-9H3. The highest BCUT2D eigenvalue weighted by atomic mass is 31.6. The van der Waals surface area contributed by atoms with Gasteiger partial charge >= 0.3 is 8.80 Å². The molecule has 0 aliphatic rings. The first-order chi connectivity index (χ1) is 8.52. The molecule has 7 heteroatoms. The van der Waals surface area contributed by atoms with Crippen LogP contribution in [0.2, 0.25) is 45.3 Å². The van der Waals surface area contributed by atoms with Gasteiger partial charge in [-0.15, -0.1) is 7.02 Å². The van der Waals surface area contributed by atoms with Crippen LogP contribution in [0.4, 0.5) is 0 Å². The molecule has 0 fully saturated rings. The monoisotopic (exact) mass is 340 g/mol. The highest BCUT2D eigenvalue weighted by molar-refractivity contribution is 8.18. The van der Waals surface area contributed by atoms with Gasteiger partial charge < -0.3 is 13.3 Å². The molecule has 0 aromatic heterocycles. The smallest absolute Gasteiger partial charge is 0.377 e. The van der Waals surface area contributed by atoms with E-state index in [1.54, 1.807) is 14.2 Å². The van der Waals surface area contributed by atoms with Crippen LogP contribution in [0.5, 0.6) is 0 Å². The third-order valence-electron chi connectivity index (χ3n) is 3.21. The summed E-state index contributed by atoms with van der Waals surface area (Å²) >= 11 is 0. The molecule has 3 nitrogen and oxygen atoms in total. The summed E-state index contributed by atoms with van der Waals surface area (Å²) in [5, 5.41) is 0. The van der Waals surface area contributed by atoms with E-state index in [9.17, 15) is 0 Å². The number of rotatable bonds is 9. The normalized spacial score (nSPS) is 14.2. The lowest BCUT2D eigenvalue weighted by Gasteiger charge is -2.40. The van der Waals surface area contributed by atoms with Gasteiger partial charge in [-0.2, -0.15) is 0 Å². The quantitative estimate of drug-likeness (QED) is 0.447. The van der Waals surface area contributed by atoms with Crippen molar-refractivity contribution in [3.05, 3.63) is 0 Å². The third-order valence-corrected chi connectivity index (χ3v) is 32.6. The maximum atomic E-state index is 6.28. The predicted molar refractivity (Wildman–Crippen MR) is 94.4 cm³/mol. The summed E-state index contributed by atoms with van der Waals surface area (Å²) in [5.41, 5.74) is 0. The van der Waals surface area contributed by atoms with Crippen molar-refractivity contribution in [1.82, 2.24) is 0 Å². The molecule has 19 heavy (non-hydrogen) atoms. The molecule has 116 valence electrons. The molecule has 0 unspecified atom stereocenters.